The molecule has 2 atom stereocenters. The Hall–Kier alpha value is -1.39. The fourth-order valence-electron chi connectivity index (χ4n) is 2.51. The van der Waals surface area contributed by atoms with Crippen LogP contribution in [0.25, 0.3) is 0 Å². The first-order valence-corrected chi connectivity index (χ1v) is 6.18. The summed E-state index contributed by atoms with van der Waals surface area (Å²) in [5.41, 5.74) is -0.936. The Balaban J connectivity index is 2.31. The Kier molecular flexibility index (Phi) is 3.65. The van der Waals surface area contributed by atoms with Gasteiger partial charge in [-0.15, -0.1) is 0 Å². The minimum atomic E-state index is -4.70. The predicted octanol–water partition coefficient (Wildman–Crippen LogP) is 4.32. The third-order valence-electron chi connectivity index (χ3n) is 3.61. The van der Waals surface area contributed by atoms with Crippen molar-refractivity contribution in [2.75, 3.05) is 0 Å². The number of carbonyl (C=O) groups excluding carboxylic acids is 1. The van der Waals surface area contributed by atoms with Crippen molar-refractivity contribution in [2.24, 2.45) is 5.92 Å². The van der Waals surface area contributed by atoms with Crippen molar-refractivity contribution in [1.82, 2.24) is 0 Å². The zero-order valence-corrected chi connectivity index (χ0v) is 10.4. The van der Waals surface area contributed by atoms with Crippen molar-refractivity contribution >= 4 is 5.78 Å². The van der Waals surface area contributed by atoms with Gasteiger partial charge in [-0.25, -0.2) is 4.39 Å². The second-order valence-electron chi connectivity index (χ2n) is 5.14. The Morgan fingerprint density at radius 1 is 1.26 bits per heavy atom. The van der Waals surface area contributed by atoms with Gasteiger partial charge in [0.05, 0.1) is 5.56 Å². The maximum Gasteiger partial charge on any atom is 0.419 e. The maximum absolute atomic E-state index is 13.5. The first-order valence-electron chi connectivity index (χ1n) is 6.18. The van der Waals surface area contributed by atoms with Crippen molar-refractivity contribution in [3.8, 4) is 0 Å². The first-order chi connectivity index (χ1) is 8.79. The van der Waals surface area contributed by atoms with E-state index < -0.39 is 23.5 Å². The van der Waals surface area contributed by atoms with E-state index in [0.717, 1.165) is 18.6 Å². The van der Waals surface area contributed by atoms with E-state index in [-0.39, 0.29) is 5.78 Å². The largest absolute Gasteiger partial charge is 0.419 e. The Morgan fingerprint density at radius 2 is 1.95 bits per heavy atom. The number of ketones is 1. The molecule has 1 nitrogen and oxygen atoms in total. The smallest absolute Gasteiger partial charge is 0.299 e. The molecule has 0 saturated heterocycles. The standard InChI is InChI=1S/C14H14F4O/c1-8-2-5-13(19)10(6-8)9-3-4-11(12(15)7-9)14(16,17)18/h3-4,7-8,10H,2,5-6H2,1H3. The van der Waals surface area contributed by atoms with Crippen molar-refractivity contribution in [2.45, 2.75) is 38.3 Å². The van der Waals surface area contributed by atoms with Crippen LogP contribution in [0.4, 0.5) is 17.6 Å². The highest BCUT2D eigenvalue weighted by atomic mass is 19.4. The van der Waals surface area contributed by atoms with Crippen LogP contribution in [0.3, 0.4) is 0 Å². The van der Waals surface area contributed by atoms with Crippen molar-refractivity contribution in [3.05, 3.63) is 35.1 Å². The van der Waals surface area contributed by atoms with Crippen LogP contribution in [0.2, 0.25) is 0 Å². The predicted molar refractivity (Wildman–Crippen MR) is 62.2 cm³/mol. The molecule has 1 aliphatic rings. The molecule has 0 radical (unpaired) electrons. The quantitative estimate of drug-likeness (QED) is 0.697. The minimum absolute atomic E-state index is 0.0164. The number of Topliss-reactive ketones (excluding diaryl/α,β-unsaturated/α-hetero) is 1. The average Bonchev–Trinajstić information content (AvgIpc) is 2.30. The lowest BCUT2D eigenvalue weighted by Gasteiger charge is -2.26. The molecule has 19 heavy (non-hydrogen) atoms. The number of rotatable bonds is 1. The fourth-order valence-corrected chi connectivity index (χ4v) is 2.51. The Bertz CT molecular complexity index is 493. The zero-order valence-electron chi connectivity index (χ0n) is 10.4. The van der Waals surface area contributed by atoms with Gasteiger partial charge in [0.25, 0.3) is 0 Å². The van der Waals surface area contributed by atoms with E-state index in [0.29, 0.717) is 24.3 Å². The molecule has 2 rings (SSSR count). The summed E-state index contributed by atoms with van der Waals surface area (Å²) in [5.74, 6) is -1.47. The van der Waals surface area contributed by atoms with Gasteiger partial charge < -0.3 is 0 Å². The summed E-state index contributed by atoms with van der Waals surface area (Å²) < 4.78 is 50.9. The van der Waals surface area contributed by atoms with Gasteiger partial charge in [-0.2, -0.15) is 13.2 Å². The molecule has 0 aliphatic heterocycles. The lowest BCUT2D eigenvalue weighted by Crippen LogP contribution is -2.22. The van der Waals surface area contributed by atoms with E-state index >= 15 is 0 Å². The topological polar surface area (TPSA) is 17.1 Å². The Morgan fingerprint density at radius 3 is 2.53 bits per heavy atom. The lowest BCUT2D eigenvalue weighted by atomic mass is 9.78. The normalized spacial score (nSPS) is 24.6. The highest BCUT2D eigenvalue weighted by molar-refractivity contribution is 5.86. The van der Waals surface area contributed by atoms with Gasteiger partial charge in [-0.1, -0.05) is 13.0 Å². The number of benzene rings is 1. The minimum Gasteiger partial charge on any atom is -0.299 e. The van der Waals surface area contributed by atoms with Gasteiger partial charge in [-0.05, 0) is 36.5 Å². The maximum atomic E-state index is 13.5. The summed E-state index contributed by atoms with van der Waals surface area (Å²) >= 11 is 0. The van der Waals surface area contributed by atoms with Crippen LogP contribution in [0.15, 0.2) is 18.2 Å². The molecule has 0 N–H and O–H groups in total. The van der Waals surface area contributed by atoms with E-state index in [9.17, 15) is 22.4 Å². The van der Waals surface area contributed by atoms with Crippen LogP contribution in [0.5, 0.6) is 0 Å². The van der Waals surface area contributed by atoms with Crippen LogP contribution in [0.1, 0.15) is 43.2 Å². The van der Waals surface area contributed by atoms with Crippen molar-refractivity contribution in [3.63, 3.8) is 0 Å². The second kappa shape index (κ2) is 4.94. The summed E-state index contributed by atoms with van der Waals surface area (Å²) in [4.78, 5) is 11.8. The summed E-state index contributed by atoms with van der Waals surface area (Å²) in [6.45, 7) is 1.99. The van der Waals surface area contributed by atoms with E-state index in [1.807, 2.05) is 6.92 Å². The lowest BCUT2D eigenvalue weighted by molar-refractivity contribution is -0.140. The van der Waals surface area contributed by atoms with E-state index in [1.165, 1.54) is 6.07 Å². The van der Waals surface area contributed by atoms with Crippen molar-refractivity contribution < 1.29 is 22.4 Å². The third kappa shape index (κ3) is 2.96. The number of hydrogen-bond acceptors (Lipinski definition) is 1. The van der Waals surface area contributed by atoms with Gasteiger partial charge >= 0.3 is 6.18 Å². The van der Waals surface area contributed by atoms with Crippen LogP contribution in [-0.2, 0) is 11.0 Å². The van der Waals surface area contributed by atoms with Crippen molar-refractivity contribution in [1.29, 1.82) is 0 Å². The summed E-state index contributed by atoms with van der Waals surface area (Å²) in [6.07, 6.45) is -2.93. The first kappa shape index (κ1) is 14.0. The zero-order chi connectivity index (χ0) is 14.2. The molecule has 0 aromatic heterocycles. The van der Waals surface area contributed by atoms with Crippen LogP contribution < -0.4 is 0 Å². The number of carbonyl (C=O) groups is 1. The molecule has 104 valence electrons. The molecule has 1 aromatic rings. The molecular weight excluding hydrogens is 260 g/mol. The highest BCUT2D eigenvalue weighted by Crippen LogP contribution is 2.36. The number of alkyl halides is 3. The van der Waals surface area contributed by atoms with Crippen LogP contribution >= 0.6 is 0 Å². The fraction of sp³-hybridized carbons (Fsp3) is 0.500. The van der Waals surface area contributed by atoms with Gasteiger partial charge in [-0.3, -0.25) is 4.79 Å². The molecule has 5 heteroatoms. The molecular formula is C14H14F4O. The molecule has 1 aromatic carbocycles. The molecule has 0 spiro atoms. The number of halogens is 4. The molecule has 0 heterocycles. The van der Waals surface area contributed by atoms with E-state index in [2.05, 4.69) is 0 Å². The molecule has 0 amide bonds. The van der Waals surface area contributed by atoms with E-state index in [1.54, 1.807) is 0 Å². The van der Waals surface area contributed by atoms with Gasteiger partial charge in [0, 0.05) is 12.3 Å². The van der Waals surface area contributed by atoms with E-state index in [4.69, 9.17) is 0 Å². The summed E-state index contributed by atoms with van der Waals surface area (Å²) in [7, 11) is 0. The van der Waals surface area contributed by atoms with Gasteiger partial charge in [0.2, 0.25) is 0 Å². The van der Waals surface area contributed by atoms with Gasteiger partial charge in [0.1, 0.15) is 11.6 Å². The SMILES string of the molecule is CC1CCC(=O)C(c2ccc(C(F)(F)F)c(F)c2)C1. The molecule has 1 fully saturated rings. The van der Waals surface area contributed by atoms with Crippen LogP contribution in [0, 0.1) is 11.7 Å². The second-order valence-corrected chi connectivity index (χ2v) is 5.14. The van der Waals surface area contributed by atoms with Crippen LogP contribution in [-0.4, -0.2) is 5.78 Å². The highest BCUT2D eigenvalue weighted by Gasteiger charge is 2.35. The number of hydrogen-bond donors (Lipinski definition) is 0. The summed E-state index contributed by atoms with van der Waals surface area (Å²) in [5, 5.41) is 0. The Labute approximate surface area is 108 Å². The summed E-state index contributed by atoms with van der Waals surface area (Å²) in [6, 6.07) is 2.78. The molecule has 0 bridgehead atoms. The molecule has 1 saturated carbocycles. The third-order valence-corrected chi connectivity index (χ3v) is 3.61. The van der Waals surface area contributed by atoms with Gasteiger partial charge in [0.15, 0.2) is 0 Å². The molecule has 2 unspecified atom stereocenters. The molecule has 1 aliphatic carbocycles. The monoisotopic (exact) mass is 274 g/mol. The average molecular weight is 274 g/mol.